The van der Waals surface area contributed by atoms with Gasteiger partial charge in [-0.05, 0) is 30.1 Å². The maximum atomic E-state index is 6.05. The minimum absolute atomic E-state index is 0.172. The van der Waals surface area contributed by atoms with Crippen LogP contribution in [0, 0.1) is 10.8 Å². The molecule has 0 atom stereocenters. The van der Waals surface area contributed by atoms with Crippen LogP contribution in [0.25, 0.3) is 0 Å². The standard InChI is InChI=1S/C12H24Cl2/c1-5-6-12(9-13,10-14)8-7-11(2,3)4/h5-10H2,1-4H3. The lowest BCUT2D eigenvalue weighted by molar-refractivity contribution is 0.246. The molecule has 0 radical (unpaired) electrons. The second-order valence-corrected chi connectivity index (χ2v) is 6.11. The van der Waals surface area contributed by atoms with Crippen LogP contribution < -0.4 is 0 Å². The Morgan fingerprint density at radius 3 is 1.64 bits per heavy atom. The van der Waals surface area contributed by atoms with Gasteiger partial charge in [-0.2, -0.15) is 0 Å². The molecule has 0 bridgehead atoms. The summed E-state index contributed by atoms with van der Waals surface area (Å²) in [6.07, 6.45) is 4.67. The molecule has 0 amide bonds. The monoisotopic (exact) mass is 238 g/mol. The van der Waals surface area contributed by atoms with Gasteiger partial charge < -0.3 is 0 Å². The zero-order valence-electron chi connectivity index (χ0n) is 10.00. The number of alkyl halides is 2. The number of hydrogen-bond acceptors (Lipinski definition) is 0. The molecular formula is C12H24Cl2. The molecule has 0 rings (SSSR count). The van der Waals surface area contributed by atoms with Crippen LogP contribution in [0.15, 0.2) is 0 Å². The smallest absolute Gasteiger partial charge is 0.0291 e. The molecule has 86 valence electrons. The summed E-state index contributed by atoms with van der Waals surface area (Å²) in [4.78, 5) is 0. The highest BCUT2D eigenvalue weighted by Crippen LogP contribution is 2.36. The van der Waals surface area contributed by atoms with Crippen LogP contribution in [0.5, 0.6) is 0 Å². The molecule has 0 saturated heterocycles. The van der Waals surface area contributed by atoms with E-state index in [2.05, 4.69) is 27.7 Å². The lowest BCUT2D eigenvalue weighted by atomic mass is 9.77. The van der Waals surface area contributed by atoms with Gasteiger partial charge in [0.25, 0.3) is 0 Å². The van der Waals surface area contributed by atoms with E-state index in [1.807, 2.05) is 0 Å². The average molecular weight is 239 g/mol. The zero-order chi connectivity index (χ0) is 11.2. The van der Waals surface area contributed by atoms with Crippen LogP contribution in [0.2, 0.25) is 0 Å². The van der Waals surface area contributed by atoms with Crippen molar-refractivity contribution in [1.29, 1.82) is 0 Å². The molecule has 0 aromatic carbocycles. The van der Waals surface area contributed by atoms with Gasteiger partial charge in [-0.3, -0.25) is 0 Å². The Labute approximate surface area is 99.4 Å². The maximum Gasteiger partial charge on any atom is 0.0291 e. The average Bonchev–Trinajstić information content (AvgIpc) is 2.11. The summed E-state index contributed by atoms with van der Waals surface area (Å²) in [5.41, 5.74) is 0.558. The molecule has 0 aliphatic carbocycles. The van der Waals surface area contributed by atoms with Crippen molar-refractivity contribution in [1.82, 2.24) is 0 Å². The SMILES string of the molecule is CCCC(CCl)(CCl)CCC(C)(C)C. The Morgan fingerprint density at radius 2 is 1.36 bits per heavy atom. The second-order valence-electron chi connectivity index (χ2n) is 5.58. The molecular weight excluding hydrogens is 215 g/mol. The summed E-state index contributed by atoms with van der Waals surface area (Å²) in [5.74, 6) is 1.39. The van der Waals surface area contributed by atoms with E-state index in [-0.39, 0.29) is 5.41 Å². The molecule has 14 heavy (non-hydrogen) atoms. The van der Waals surface area contributed by atoms with Gasteiger partial charge in [-0.1, -0.05) is 34.1 Å². The van der Waals surface area contributed by atoms with Crippen molar-refractivity contribution in [2.45, 2.75) is 53.4 Å². The van der Waals surface area contributed by atoms with Crippen LogP contribution in [0.1, 0.15) is 53.4 Å². The van der Waals surface area contributed by atoms with Crippen molar-refractivity contribution in [3.8, 4) is 0 Å². The third-order valence-electron chi connectivity index (χ3n) is 2.75. The summed E-state index contributed by atoms with van der Waals surface area (Å²) in [6, 6.07) is 0. The first-order chi connectivity index (χ1) is 6.39. The van der Waals surface area contributed by atoms with Gasteiger partial charge in [-0.15, -0.1) is 23.2 Å². The van der Waals surface area contributed by atoms with Gasteiger partial charge in [-0.25, -0.2) is 0 Å². The summed E-state index contributed by atoms with van der Waals surface area (Å²) in [7, 11) is 0. The third-order valence-corrected chi connectivity index (χ3v) is 3.89. The van der Waals surface area contributed by atoms with Gasteiger partial charge >= 0.3 is 0 Å². The van der Waals surface area contributed by atoms with Crippen LogP contribution in [-0.4, -0.2) is 11.8 Å². The molecule has 0 aliphatic rings. The van der Waals surface area contributed by atoms with E-state index in [1.54, 1.807) is 0 Å². The van der Waals surface area contributed by atoms with E-state index in [4.69, 9.17) is 23.2 Å². The lowest BCUT2D eigenvalue weighted by Crippen LogP contribution is -2.27. The van der Waals surface area contributed by atoms with Crippen LogP contribution in [0.3, 0.4) is 0 Å². The summed E-state index contributed by atoms with van der Waals surface area (Å²) in [6.45, 7) is 9.01. The Hall–Kier alpha value is 0.580. The number of halogens is 2. The van der Waals surface area contributed by atoms with E-state index in [0.29, 0.717) is 17.2 Å². The first-order valence-electron chi connectivity index (χ1n) is 5.51. The molecule has 0 spiro atoms. The molecule has 0 unspecified atom stereocenters. The topological polar surface area (TPSA) is 0 Å². The van der Waals surface area contributed by atoms with Crippen molar-refractivity contribution in [2.24, 2.45) is 10.8 Å². The molecule has 0 heterocycles. The van der Waals surface area contributed by atoms with Crippen LogP contribution in [0.4, 0.5) is 0 Å². The molecule has 0 nitrogen and oxygen atoms in total. The molecule has 0 aromatic heterocycles. The van der Waals surface area contributed by atoms with Gasteiger partial charge in [0, 0.05) is 11.8 Å². The maximum absolute atomic E-state index is 6.05. The minimum Gasteiger partial charge on any atom is -0.126 e. The normalized spacial score (nSPS) is 13.3. The van der Waals surface area contributed by atoms with Crippen molar-refractivity contribution in [3.63, 3.8) is 0 Å². The van der Waals surface area contributed by atoms with Crippen molar-refractivity contribution >= 4 is 23.2 Å². The van der Waals surface area contributed by atoms with E-state index >= 15 is 0 Å². The van der Waals surface area contributed by atoms with Gasteiger partial charge in [0.1, 0.15) is 0 Å². The first-order valence-corrected chi connectivity index (χ1v) is 6.58. The molecule has 0 aromatic rings. The van der Waals surface area contributed by atoms with E-state index < -0.39 is 0 Å². The fourth-order valence-corrected chi connectivity index (χ4v) is 2.42. The number of hydrogen-bond donors (Lipinski definition) is 0. The summed E-state index contributed by atoms with van der Waals surface area (Å²) >= 11 is 12.1. The predicted octanol–water partition coefficient (Wildman–Crippen LogP) is 5.08. The van der Waals surface area contributed by atoms with Crippen molar-refractivity contribution in [2.75, 3.05) is 11.8 Å². The molecule has 0 N–H and O–H groups in total. The van der Waals surface area contributed by atoms with Crippen LogP contribution in [-0.2, 0) is 0 Å². The molecule has 0 saturated carbocycles. The fraction of sp³-hybridized carbons (Fsp3) is 1.00. The lowest BCUT2D eigenvalue weighted by Gasteiger charge is -2.32. The van der Waals surface area contributed by atoms with Crippen LogP contribution >= 0.6 is 23.2 Å². The third kappa shape index (κ3) is 5.46. The Balaban J connectivity index is 4.21. The highest BCUT2D eigenvalue weighted by Gasteiger charge is 2.28. The largest absolute Gasteiger partial charge is 0.126 e. The molecule has 0 fully saturated rings. The Bertz CT molecular complexity index is 143. The molecule has 0 aliphatic heterocycles. The predicted molar refractivity (Wildman–Crippen MR) is 67.5 cm³/mol. The number of rotatable bonds is 6. The zero-order valence-corrected chi connectivity index (χ0v) is 11.5. The van der Waals surface area contributed by atoms with Gasteiger partial charge in [0.15, 0.2) is 0 Å². The Kier molecular flexibility index (Phi) is 6.48. The van der Waals surface area contributed by atoms with E-state index in [1.165, 1.54) is 12.8 Å². The highest BCUT2D eigenvalue weighted by atomic mass is 35.5. The second kappa shape index (κ2) is 6.23. The van der Waals surface area contributed by atoms with Gasteiger partial charge in [0.05, 0.1) is 0 Å². The summed E-state index contributed by atoms with van der Waals surface area (Å²) < 4.78 is 0. The van der Waals surface area contributed by atoms with E-state index in [0.717, 1.165) is 12.8 Å². The van der Waals surface area contributed by atoms with E-state index in [9.17, 15) is 0 Å². The fourth-order valence-electron chi connectivity index (χ4n) is 1.60. The first kappa shape index (κ1) is 14.6. The molecule has 2 heteroatoms. The van der Waals surface area contributed by atoms with Crippen molar-refractivity contribution < 1.29 is 0 Å². The Morgan fingerprint density at radius 1 is 0.857 bits per heavy atom. The van der Waals surface area contributed by atoms with Crippen molar-refractivity contribution in [3.05, 3.63) is 0 Å². The summed E-state index contributed by atoms with van der Waals surface area (Å²) in [5, 5.41) is 0. The van der Waals surface area contributed by atoms with Gasteiger partial charge in [0.2, 0.25) is 0 Å². The quantitative estimate of drug-likeness (QED) is 0.567. The minimum atomic E-state index is 0.172. The highest BCUT2D eigenvalue weighted by molar-refractivity contribution is 6.21.